The number of nitriles is 1. The minimum absolute atomic E-state index is 0.0307. The number of rotatable bonds is 5. The van der Waals surface area contributed by atoms with Gasteiger partial charge in [0.05, 0.1) is 21.7 Å². The highest BCUT2D eigenvalue weighted by molar-refractivity contribution is 9.11. The van der Waals surface area contributed by atoms with E-state index in [1.807, 2.05) is 6.07 Å². The Bertz CT molecular complexity index is 1060. The Kier molecular flexibility index (Phi) is 6.50. The largest absolute Gasteiger partial charge is 0.453 e. The van der Waals surface area contributed by atoms with Crippen LogP contribution in [-0.2, 0) is 11.3 Å². The molecule has 0 atom stereocenters. The predicted octanol–water partition coefficient (Wildman–Crippen LogP) is 5.60. The lowest BCUT2D eigenvalue weighted by atomic mass is 10.1. The van der Waals surface area contributed by atoms with Crippen molar-refractivity contribution in [1.82, 2.24) is 5.32 Å². The molecule has 142 valence electrons. The number of halogens is 4. The van der Waals surface area contributed by atoms with Crippen LogP contribution >= 0.6 is 43.5 Å². The van der Waals surface area contributed by atoms with Crippen molar-refractivity contribution < 1.29 is 13.9 Å². The lowest BCUT2D eigenvalue weighted by Gasteiger charge is -2.13. The van der Waals surface area contributed by atoms with Crippen molar-refractivity contribution in [3.8, 4) is 17.6 Å². The van der Waals surface area contributed by atoms with Gasteiger partial charge in [-0.3, -0.25) is 9.79 Å². The summed E-state index contributed by atoms with van der Waals surface area (Å²) in [6.07, 6.45) is 2.03. The second kappa shape index (κ2) is 8.86. The van der Waals surface area contributed by atoms with Gasteiger partial charge < -0.3 is 10.1 Å². The molecule has 0 fully saturated rings. The van der Waals surface area contributed by atoms with Crippen LogP contribution in [0.15, 0.2) is 50.0 Å². The van der Waals surface area contributed by atoms with Crippen LogP contribution in [-0.4, -0.2) is 12.1 Å². The zero-order valence-corrected chi connectivity index (χ0v) is 18.0. The summed E-state index contributed by atoms with van der Waals surface area (Å²) in [6, 6.07) is 9.53. The normalized spacial score (nSPS) is 12.8. The third kappa shape index (κ3) is 4.61. The van der Waals surface area contributed by atoms with Crippen molar-refractivity contribution in [2.24, 2.45) is 4.99 Å². The molecule has 2 aromatic rings. The van der Waals surface area contributed by atoms with Gasteiger partial charge in [0, 0.05) is 29.8 Å². The van der Waals surface area contributed by atoms with Crippen molar-refractivity contribution in [1.29, 1.82) is 5.26 Å². The average Bonchev–Trinajstić information content (AvgIpc) is 3.09. The standard InChI is InChI=1S/C19H11Br2ClFN3O2/c20-15-2-1-11(9-26-19(27)14-3-4-25-18(14)21)16(23)17(15)28-13-6-10(8-24)5-12(22)7-13/h1-2,4-7H,3,9H2,(H,26,27). The number of carbonyl (C=O) groups excluding carboxylic acids is 1. The van der Waals surface area contributed by atoms with E-state index in [0.717, 1.165) is 0 Å². The van der Waals surface area contributed by atoms with Crippen LogP contribution in [0.4, 0.5) is 4.39 Å². The first-order valence-corrected chi connectivity index (χ1v) is 9.90. The molecule has 0 saturated heterocycles. The van der Waals surface area contributed by atoms with Gasteiger partial charge in [-0.2, -0.15) is 5.26 Å². The Morgan fingerprint density at radius 1 is 1.36 bits per heavy atom. The number of nitrogens with one attached hydrogen (secondary N) is 1. The fourth-order valence-corrected chi connectivity index (χ4v) is 3.55. The zero-order chi connectivity index (χ0) is 20.3. The van der Waals surface area contributed by atoms with Gasteiger partial charge in [0.25, 0.3) is 5.91 Å². The number of hydrogen-bond donors (Lipinski definition) is 1. The Balaban J connectivity index is 1.81. The number of nitrogens with zero attached hydrogens (tertiary/aromatic N) is 2. The summed E-state index contributed by atoms with van der Waals surface area (Å²) in [5.41, 5.74) is 1.02. The molecule has 1 N–H and O–H groups in total. The van der Waals surface area contributed by atoms with Gasteiger partial charge in [0.15, 0.2) is 11.6 Å². The number of ether oxygens (including phenoxy) is 1. The number of carbonyl (C=O) groups is 1. The Morgan fingerprint density at radius 3 is 2.82 bits per heavy atom. The fourth-order valence-electron chi connectivity index (χ4n) is 2.46. The van der Waals surface area contributed by atoms with Crippen LogP contribution in [0.5, 0.6) is 11.5 Å². The Hall–Kier alpha value is -2.21. The molecule has 1 aliphatic rings. The molecule has 0 spiro atoms. The van der Waals surface area contributed by atoms with Crippen LogP contribution in [0.1, 0.15) is 17.5 Å². The molecule has 1 aliphatic heterocycles. The van der Waals surface area contributed by atoms with E-state index in [0.29, 0.717) is 31.7 Å². The lowest BCUT2D eigenvalue weighted by Crippen LogP contribution is -2.25. The molecule has 2 aromatic carbocycles. The maximum atomic E-state index is 15.0. The van der Waals surface area contributed by atoms with Crippen LogP contribution in [0.25, 0.3) is 0 Å². The second-order valence-electron chi connectivity index (χ2n) is 5.71. The predicted molar refractivity (Wildman–Crippen MR) is 111 cm³/mol. The van der Waals surface area contributed by atoms with Crippen molar-refractivity contribution in [2.75, 3.05) is 0 Å². The monoisotopic (exact) mass is 525 g/mol. The van der Waals surface area contributed by atoms with E-state index in [2.05, 4.69) is 42.2 Å². The molecule has 1 heterocycles. The molecule has 0 aromatic heterocycles. The van der Waals surface area contributed by atoms with E-state index in [1.165, 1.54) is 18.2 Å². The topological polar surface area (TPSA) is 74.5 Å². The molecular formula is C19H11Br2ClFN3O2. The molecule has 0 bridgehead atoms. The van der Waals surface area contributed by atoms with E-state index in [1.54, 1.807) is 18.3 Å². The van der Waals surface area contributed by atoms with Crippen LogP contribution in [0.2, 0.25) is 5.02 Å². The van der Waals surface area contributed by atoms with Crippen molar-refractivity contribution in [2.45, 2.75) is 13.0 Å². The van der Waals surface area contributed by atoms with E-state index in [9.17, 15) is 9.18 Å². The maximum absolute atomic E-state index is 15.0. The van der Waals surface area contributed by atoms with Gasteiger partial charge in [-0.15, -0.1) is 0 Å². The molecule has 28 heavy (non-hydrogen) atoms. The number of benzene rings is 2. The smallest absolute Gasteiger partial charge is 0.250 e. The molecule has 1 amide bonds. The van der Waals surface area contributed by atoms with Gasteiger partial charge in [-0.25, -0.2) is 4.39 Å². The Morgan fingerprint density at radius 2 is 2.14 bits per heavy atom. The van der Waals surface area contributed by atoms with Crippen LogP contribution in [0, 0.1) is 17.1 Å². The van der Waals surface area contributed by atoms with Gasteiger partial charge in [0.2, 0.25) is 0 Å². The Labute approximate surface area is 182 Å². The summed E-state index contributed by atoms with van der Waals surface area (Å²) in [7, 11) is 0. The summed E-state index contributed by atoms with van der Waals surface area (Å²) in [5, 5.41) is 12.0. The molecule has 0 aliphatic carbocycles. The summed E-state index contributed by atoms with van der Waals surface area (Å²) in [4.78, 5) is 16.2. The van der Waals surface area contributed by atoms with Gasteiger partial charge >= 0.3 is 0 Å². The first kappa shape index (κ1) is 20.5. The quantitative estimate of drug-likeness (QED) is 0.515. The molecule has 0 saturated carbocycles. The second-order valence-corrected chi connectivity index (χ2v) is 7.75. The highest BCUT2D eigenvalue weighted by Gasteiger charge is 2.19. The maximum Gasteiger partial charge on any atom is 0.250 e. The van der Waals surface area contributed by atoms with E-state index in [-0.39, 0.29) is 29.5 Å². The van der Waals surface area contributed by atoms with Crippen LogP contribution < -0.4 is 10.1 Å². The van der Waals surface area contributed by atoms with E-state index >= 15 is 0 Å². The third-order valence-electron chi connectivity index (χ3n) is 3.81. The summed E-state index contributed by atoms with van der Waals surface area (Å²) < 4.78 is 21.4. The number of aliphatic imine (C=N–C) groups is 1. The highest BCUT2D eigenvalue weighted by atomic mass is 79.9. The van der Waals surface area contributed by atoms with Crippen molar-refractivity contribution in [3.05, 3.63) is 67.0 Å². The first-order chi connectivity index (χ1) is 13.4. The summed E-state index contributed by atoms with van der Waals surface area (Å²) >= 11 is 12.4. The molecule has 9 heteroatoms. The molecule has 0 unspecified atom stereocenters. The van der Waals surface area contributed by atoms with Crippen molar-refractivity contribution in [3.63, 3.8) is 0 Å². The van der Waals surface area contributed by atoms with E-state index < -0.39 is 5.82 Å². The minimum Gasteiger partial charge on any atom is -0.453 e. The minimum atomic E-state index is -0.635. The highest BCUT2D eigenvalue weighted by Crippen LogP contribution is 2.35. The SMILES string of the molecule is N#Cc1cc(Cl)cc(Oc2c(Br)ccc(CNC(=O)C3=C(Br)N=CC3)c2F)c1. The van der Waals surface area contributed by atoms with Crippen LogP contribution in [0.3, 0.4) is 0 Å². The third-order valence-corrected chi connectivity index (χ3v) is 5.34. The lowest BCUT2D eigenvalue weighted by molar-refractivity contribution is -0.117. The summed E-state index contributed by atoms with van der Waals surface area (Å²) in [5.74, 6) is -0.809. The summed E-state index contributed by atoms with van der Waals surface area (Å²) in [6.45, 7) is -0.0307. The zero-order valence-electron chi connectivity index (χ0n) is 14.1. The van der Waals surface area contributed by atoms with Crippen molar-refractivity contribution >= 4 is 55.6 Å². The van der Waals surface area contributed by atoms with Gasteiger partial charge in [0.1, 0.15) is 10.4 Å². The number of hydrogen-bond acceptors (Lipinski definition) is 4. The molecule has 3 rings (SSSR count). The molecule has 5 nitrogen and oxygen atoms in total. The number of amides is 1. The molecule has 0 radical (unpaired) electrons. The van der Waals surface area contributed by atoms with Gasteiger partial charge in [-0.05, 0) is 56.1 Å². The first-order valence-electron chi connectivity index (χ1n) is 7.94. The fraction of sp³-hybridized carbons (Fsp3) is 0.105. The van der Waals surface area contributed by atoms with Gasteiger partial charge in [-0.1, -0.05) is 17.7 Å². The average molecular weight is 528 g/mol. The van der Waals surface area contributed by atoms with E-state index in [4.69, 9.17) is 21.6 Å². The molecular weight excluding hydrogens is 516 g/mol.